The molecule has 1 unspecified atom stereocenters. The van der Waals surface area contributed by atoms with Crippen LogP contribution < -0.4 is 4.90 Å². The summed E-state index contributed by atoms with van der Waals surface area (Å²) in [5, 5.41) is 20.4. The topological polar surface area (TPSA) is 92.4 Å². The zero-order valence-corrected chi connectivity index (χ0v) is 11.1. The Labute approximate surface area is 115 Å². The maximum Gasteiger partial charge on any atom is 0.348 e. The fourth-order valence-electron chi connectivity index (χ4n) is 2.36. The first-order chi connectivity index (χ1) is 9.15. The van der Waals surface area contributed by atoms with Crippen molar-refractivity contribution in [2.24, 2.45) is 0 Å². The number of halogens is 1. The monoisotopic (exact) mass is 286 g/mol. The number of anilines is 1. The zero-order chi connectivity index (χ0) is 13.8. The van der Waals surface area contributed by atoms with Crippen molar-refractivity contribution >= 4 is 23.1 Å². The lowest BCUT2D eigenvalue weighted by Gasteiger charge is -2.29. The van der Waals surface area contributed by atoms with Crippen LogP contribution in [-0.4, -0.2) is 39.2 Å². The second-order valence-corrected chi connectivity index (χ2v) is 4.83. The minimum absolute atomic E-state index is 0.0568. The first-order valence-corrected chi connectivity index (χ1v) is 6.55. The van der Waals surface area contributed by atoms with Crippen molar-refractivity contribution in [2.75, 3.05) is 18.1 Å². The number of hydrogen-bond acceptors (Lipinski definition) is 6. The molecule has 1 aliphatic heterocycles. The molecule has 19 heavy (non-hydrogen) atoms. The van der Waals surface area contributed by atoms with Crippen molar-refractivity contribution < 1.29 is 10.0 Å². The molecule has 8 heteroatoms. The highest BCUT2D eigenvalue weighted by molar-refractivity contribution is 6.31. The van der Waals surface area contributed by atoms with Crippen LogP contribution in [0.25, 0.3) is 0 Å². The molecule has 0 aliphatic carbocycles. The van der Waals surface area contributed by atoms with Crippen LogP contribution in [0.4, 0.5) is 11.5 Å². The summed E-state index contributed by atoms with van der Waals surface area (Å²) in [5.41, 5.74) is -0.287. The van der Waals surface area contributed by atoms with E-state index in [1.54, 1.807) is 4.90 Å². The fourth-order valence-corrected chi connectivity index (χ4v) is 2.56. The van der Waals surface area contributed by atoms with E-state index in [9.17, 15) is 15.2 Å². The van der Waals surface area contributed by atoms with Gasteiger partial charge < -0.3 is 10.0 Å². The summed E-state index contributed by atoms with van der Waals surface area (Å²) >= 11 is 5.79. The summed E-state index contributed by atoms with van der Waals surface area (Å²) in [7, 11) is 0. The molecule has 1 aromatic rings. The van der Waals surface area contributed by atoms with Crippen molar-refractivity contribution in [3.8, 4) is 0 Å². The highest BCUT2D eigenvalue weighted by atomic mass is 35.5. The number of nitrogens with zero attached hydrogens (tertiary/aromatic N) is 4. The third-order valence-electron chi connectivity index (χ3n) is 3.30. The molecule has 1 fully saturated rings. The fraction of sp³-hybridized carbons (Fsp3) is 0.636. The molecule has 0 amide bonds. The van der Waals surface area contributed by atoms with Gasteiger partial charge in [-0.3, -0.25) is 10.1 Å². The molecular formula is C11H15ClN4O3. The molecule has 7 nitrogen and oxygen atoms in total. The second kappa shape index (κ2) is 6.12. The second-order valence-electron chi connectivity index (χ2n) is 4.47. The van der Waals surface area contributed by atoms with Crippen LogP contribution in [0, 0.1) is 10.1 Å². The molecule has 2 heterocycles. The van der Waals surface area contributed by atoms with Crippen LogP contribution in [0.3, 0.4) is 0 Å². The van der Waals surface area contributed by atoms with E-state index in [1.807, 2.05) is 0 Å². The van der Waals surface area contributed by atoms with Gasteiger partial charge in [0.15, 0.2) is 0 Å². The van der Waals surface area contributed by atoms with E-state index in [0.29, 0.717) is 6.54 Å². The first kappa shape index (κ1) is 14.0. The van der Waals surface area contributed by atoms with Gasteiger partial charge in [-0.1, -0.05) is 24.4 Å². The minimum atomic E-state index is -0.572. The van der Waals surface area contributed by atoms with E-state index in [-0.39, 0.29) is 29.3 Å². The maximum absolute atomic E-state index is 11.1. The zero-order valence-electron chi connectivity index (χ0n) is 10.3. The van der Waals surface area contributed by atoms with E-state index >= 15 is 0 Å². The number of nitro groups is 1. The Morgan fingerprint density at radius 2 is 2.26 bits per heavy atom. The average molecular weight is 287 g/mol. The van der Waals surface area contributed by atoms with Gasteiger partial charge in [-0.05, 0) is 12.8 Å². The lowest BCUT2D eigenvalue weighted by atomic mass is 10.1. The van der Waals surface area contributed by atoms with Gasteiger partial charge in [-0.2, -0.15) is 0 Å². The third kappa shape index (κ3) is 2.93. The number of aromatic nitrogens is 2. The molecule has 104 valence electrons. The Balaban J connectivity index is 2.43. The van der Waals surface area contributed by atoms with E-state index < -0.39 is 4.92 Å². The molecule has 1 aromatic heterocycles. The molecule has 1 saturated heterocycles. The lowest BCUT2D eigenvalue weighted by molar-refractivity contribution is -0.384. The van der Waals surface area contributed by atoms with Crippen LogP contribution in [0.2, 0.25) is 5.15 Å². The molecule has 1 aliphatic rings. The van der Waals surface area contributed by atoms with Crippen LogP contribution in [0.15, 0.2) is 6.33 Å². The first-order valence-electron chi connectivity index (χ1n) is 6.17. The van der Waals surface area contributed by atoms with Gasteiger partial charge in [0.05, 0.1) is 17.6 Å². The van der Waals surface area contributed by atoms with E-state index in [0.717, 1.165) is 25.7 Å². The Morgan fingerprint density at radius 3 is 2.95 bits per heavy atom. The summed E-state index contributed by atoms with van der Waals surface area (Å²) < 4.78 is 0. The molecule has 0 bridgehead atoms. The molecule has 0 saturated carbocycles. The summed E-state index contributed by atoms with van der Waals surface area (Å²) in [6, 6.07) is -0.160. The van der Waals surface area contributed by atoms with Gasteiger partial charge in [0.25, 0.3) is 0 Å². The van der Waals surface area contributed by atoms with Crippen LogP contribution >= 0.6 is 11.6 Å². The van der Waals surface area contributed by atoms with Crippen LogP contribution in [-0.2, 0) is 0 Å². The Kier molecular flexibility index (Phi) is 4.49. The Morgan fingerprint density at radius 1 is 1.47 bits per heavy atom. The standard InChI is InChI=1S/C11H15ClN4O3/c12-10-9(16(18)19)11(14-7-13-10)15-5-3-1-2-4-8(15)6-17/h7-8,17H,1-6H2. The summed E-state index contributed by atoms with van der Waals surface area (Å²) in [6.45, 7) is 0.568. The average Bonchev–Trinajstić information content (AvgIpc) is 2.62. The molecular weight excluding hydrogens is 272 g/mol. The smallest absolute Gasteiger partial charge is 0.348 e. The highest BCUT2D eigenvalue weighted by Crippen LogP contribution is 2.34. The quantitative estimate of drug-likeness (QED) is 0.517. The SMILES string of the molecule is O=[N+]([O-])c1c(Cl)ncnc1N1CCCCCC1CO. The Hall–Kier alpha value is -1.47. The molecule has 1 N–H and O–H groups in total. The van der Waals surface area contributed by atoms with Gasteiger partial charge in [0.2, 0.25) is 11.0 Å². The van der Waals surface area contributed by atoms with Crippen LogP contribution in [0.5, 0.6) is 0 Å². The number of aliphatic hydroxyl groups is 1. The molecule has 0 radical (unpaired) electrons. The maximum atomic E-state index is 11.1. The predicted octanol–water partition coefficient (Wildman–Crippen LogP) is 1.78. The van der Waals surface area contributed by atoms with Gasteiger partial charge in [-0.15, -0.1) is 0 Å². The normalized spacial score (nSPS) is 20.1. The largest absolute Gasteiger partial charge is 0.394 e. The van der Waals surface area contributed by atoms with E-state index in [2.05, 4.69) is 9.97 Å². The minimum Gasteiger partial charge on any atom is -0.394 e. The molecule has 0 aromatic carbocycles. The van der Waals surface area contributed by atoms with Gasteiger partial charge in [0, 0.05) is 6.54 Å². The van der Waals surface area contributed by atoms with E-state index in [1.165, 1.54) is 6.33 Å². The van der Waals surface area contributed by atoms with Gasteiger partial charge in [-0.25, -0.2) is 9.97 Å². The van der Waals surface area contributed by atoms with Gasteiger partial charge in [0.1, 0.15) is 6.33 Å². The summed E-state index contributed by atoms with van der Waals surface area (Å²) in [5.74, 6) is 0.200. The van der Waals surface area contributed by atoms with Crippen molar-refractivity contribution in [2.45, 2.75) is 31.7 Å². The molecule has 2 rings (SSSR count). The summed E-state index contributed by atoms with van der Waals surface area (Å²) in [6.07, 6.45) is 4.95. The number of hydrogen-bond donors (Lipinski definition) is 1. The lowest BCUT2D eigenvalue weighted by Crippen LogP contribution is -2.38. The number of rotatable bonds is 3. The summed E-state index contributed by atoms with van der Waals surface area (Å²) in [4.78, 5) is 20.0. The highest BCUT2D eigenvalue weighted by Gasteiger charge is 2.30. The van der Waals surface area contributed by atoms with Crippen molar-refractivity contribution in [1.82, 2.24) is 9.97 Å². The third-order valence-corrected chi connectivity index (χ3v) is 3.58. The van der Waals surface area contributed by atoms with Crippen molar-refractivity contribution in [3.05, 3.63) is 21.6 Å². The predicted molar refractivity (Wildman–Crippen MR) is 70.4 cm³/mol. The van der Waals surface area contributed by atoms with Gasteiger partial charge >= 0.3 is 5.69 Å². The number of aliphatic hydroxyl groups excluding tert-OH is 1. The molecule has 1 atom stereocenters. The van der Waals surface area contributed by atoms with Crippen molar-refractivity contribution in [1.29, 1.82) is 0 Å². The Bertz CT molecular complexity index is 471. The molecule has 0 spiro atoms. The van der Waals surface area contributed by atoms with Crippen LogP contribution in [0.1, 0.15) is 25.7 Å². The van der Waals surface area contributed by atoms with E-state index in [4.69, 9.17) is 11.6 Å². The van der Waals surface area contributed by atoms with Crippen molar-refractivity contribution in [3.63, 3.8) is 0 Å².